The fourth-order valence-electron chi connectivity index (χ4n) is 4.04. The third-order valence-electron chi connectivity index (χ3n) is 5.68. The van der Waals surface area contributed by atoms with Crippen molar-refractivity contribution in [2.75, 3.05) is 6.54 Å². The zero-order valence-corrected chi connectivity index (χ0v) is 17.4. The number of aromatic nitrogens is 6. The molecule has 0 bridgehead atoms. The first-order chi connectivity index (χ1) is 16.3. The van der Waals surface area contributed by atoms with Crippen LogP contribution in [0.2, 0.25) is 0 Å². The number of fused-ring (bicyclic) bond motifs is 1. The molecular weight excluding hydrogens is 421 g/mol. The van der Waals surface area contributed by atoms with Crippen LogP contribution in [-0.2, 0) is 13.0 Å². The van der Waals surface area contributed by atoms with Crippen molar-refractivity contribution < 1.29 is 8.91 Å². The Morgan fingerprint density at radius 2 is 1.85 bits per heavy atom. The van der Waals surface area contributed by atoms with Gasteiger partial charge in [0.2, 0.25) is 5.82 Å². The van der Waals surface area contributed by atoms with E-state index in [-0.39, 0.29) is 11.6 Å². The second kappa shape index (κ2) is 8.03. The monoisotopic (exact) mass is 439 g/mol. The number of hydrogen-bond acceptors (Lipinski definition) is 7. The number of pyridine rings is 1. The van der Waals surface area contributed by atoms with Crippen molar-refractivity contribution >= 4 is 0 Å². The highest BCUT2D eigenvalue weighted by Crippen LogP contribution is 2.33. The molecule has 0 aliphatic carbocycles. The highest BCUT2D eigenvalue weighted by atomic mass is 19.1. The minimum Gasteiger partial charge on any atom is -0.332 e. The van der Waals surface area contributed by atoms with E-state index in [2.05, 4.69) is 42.9 Å². The lowest BCUT2D eigenvalue weighted by molar-refractivity contribution is 0.431. The first-order valence-electron chi connectivity index (χ1n) is 10.6. The molecule has 8 nitrogen and oxygen atoms in total. The lowest BCUT2D eigenvalue weighted by Gasteiger charge is -2.17. The van der Waals surface area contributed by atoms with Crippen LogP contribution in [0.15, 0.2) is 71.5 Å². The van der Waals surface area contributed by atoms with E-state index in [9.17, 15) is 4.39 Å². The molecule has 2 aromatic carbocycles. The molecule has 0 saturated carbocycles. The molecule has 0 fully saturated rings. The SMILES string of the molecule is Fc1ccccc1-n1nnc(-c2nc(-c3ccc4c(c3)CNCC4)no2)c1-c1ccncc1. The summed E-state index contributed by atoms with van der Waals surface area (Å²) in [6, 6.07) is 16.2. The number of nitrogens with one attached hydrogen (secondary N) is 1. The van der Waals surface area contributed by atoms with Crippen LogP contribution < -0.4 is 5.32 Å². The van der Waals surface area contributed by atoms with Crippen LogP contribution in [0.5, 0.6) is 0 Å². The molecule has 1 aliphatic heterocycles. The normalized spacial score (nSPS) is 13.1. The molecule has 0 unspecified atom stereocenters. The van der Waals surface area contributed by atoms with Crippen LogP contribution in [0.25, 0.3) is 39.9 Å². The molecular formula is C24H18FN7O. The van der Waals surface area contributed by atoms with E-state index in [4.69, 9.17) is 4.52 Å². The van der Waals surface area contributed by atoms with Crippen LogP contribution in [0, 0.1) is 5.82 Å². The van der Waals surface area contributed by atoms with Crippen LogP contribution in [0.1, 0.15) is 11.1 Å². The van der Waals surface area contributed by atoms with Crippen molar-refractivity contribution in [1.29, 1.82) is 0 Å². The van der Waals surface area contributed by atoms with E-state index in [1.807, 2.05) is 6.07 Å². The molecule has 6 rings (SSSR count). The van der Waals surface area contributed by atoms with E-state index >= 15 is 0 Å². The van der Waals surface area contributed by atoms with Gasteiger partial charge in [-0.2, -0.15) is 4.98 Å². The fraction of sp³-hybridized carbons (Fsp3) is 0.125. The zero-order chi connectivity index (χ0) is 22.2. The van der Waals surface area contributed by atoms with Gasteiger partial charge in [0.15, 0.2) is 5.69 Å². The predicted octanol–water partition coefficient (Wildman–Crippen LogP) is 3.83. The first kappa shape index (κ1) is 19.4. The Labute approximate surface area is 188 Å². The van der Waals surface area contributed by atoms with Crippen LogP contribution in [0.4, 0.5) is 4.39 Å². The molecule has 33 heavy (non-hydrogen) atoms. The van der Waals surface area contributed by atoms with Crippen molar-refractivity contribution in [2.45, 2.75) is 13.0 Å². The molecule has 3 aromatic heterocycles. The second-order valence-corrected chi connectivity index (χ2v) is 7.72. The number of nitrogens with zero attached hydrogens (tertiary/aromatic N) is 6. The molecule has 1 aliphatic rings. The molecule has 0 radical (unpaired) electrons. The van der Waals surface area contributed by atoms with Gasteiger partial charge in [-0.05, 0) is 54.4 Å². The summed E-state index contributed by atoms with van der Waals surface area (Å²) in [4.78, 5) is 8.67. The smallest absolute Gasteiger partial charge is 0.281 e. The van der Waals surface area contributed by atoms with E-state index in [1.54, 1.807) is 42.7 Å². The van der Waals surface area contributed by atoms with Gasteiger partial charge in [0.05, 0.1) is 0 Å². The van der Waals surface area contributed by atoms with Crippen LogP contribution in [-0.4, -0.2) is 36.7 Å². The quantitative estimate of drug-likeness (QED) is 0.455. The van der Waals surface area contributed by atoms with Gasteiger partial charge in [0.1, 0.15) is 17.2 Å². The summed E-state index contributed by atoms with van der Waals surface area (Å²) >= 11 is 0. The fourth-order valence-corrected chi connectivity index (χ4v) is 4.04. The third kappa shape index (κ3) is 3.48. The second-order valence-electron chi connectivity index (χ2n) is 7.72. The molecule has 9 heteroatoms. The summed E-state index contributed by atoms with van der Waals surface area (Å²) in [6.45, 7) is 1.80. The molecule has 0 amide bonds. The minimum absolute atomic E-state index is 0.204. The van der Waals surface area contributed by atoms with Gasteiger partial charge in [-0.15, -0.1) is 5.10 Å². The number of halogens is 1. The van der Waals surface area contributed by atoms with Gasteiger partial charge in [-0.25, -0.2) is 9.07 Å². The lowest BCUT2D eigenvalue weighted by Crippen LogP contribution is -2.23. The van der Waals surface area contributed by atoms with Gasteiger partial charge >= 0.3 is 0 Å². The maximum Gasteiger partial charge on any atom is 0.281 e. The van der Waals surface area contributed by atoms with E-state index in [1.165, 1.54) is 21.9 Å². The average molecular weight is 439 g/mol. The van der Waals surface area contributed by atoms with Gasteiger partial charge in [0, 0.05) is 30.1 Å². The maximum atomic E-state index is 14.6. The number of rotatable bonds is 4. The van der Waals surface area contributed by atoms with Crippen LogP contribution in [0.3, 0.4) is 0 Å². The Kier molecular flexibility index (Phi) is 4.73. The van der Waals surface area contributed by atoms with Gasteiger partial charge < -0.3 is 9.84 Å². The molecule has 1 N–H and O–H groups in total. The Morgan fingerprint density at radius 1 is 0.970 bits per heavy atom. The first-order valence-corrected chi connectivity index (χ1v) is 10.6. The Bertz CT molecular complexity index is 1440. The Morgan fingerprint density at radius 3 is 2.73 bits per heavy atom. The summed E-state index contributed by atoms with van der Waals surface area (Å²) in [5, 5.41) is 16.0. The topological polar surface area (TPSA) is 94.6 Å². The van der Waals surface area contributed by atoms with Crippen molar-refractivity contribution in [1.82, 2.24) is 35.4 Å². The van der Waals surface area contributed by atoms with E-state index in [0.717, 1.165) is 30.6 Å². The Hall–Kier alpha value is -4.24. The largest absolute Gasteiger partial charge is 0.332 e. The van der Waals surface area contributed by atoms with E-state index < -0.39 is 5.82 Å². The molecule has 4 heterocycles. The summed E-state index contributed by atoms with van der Waals surface area (Å²) in [6.07, 6.45) is 4.30. The molecule has 0 spiro atoms. The van der Waals surface area contributed by atoms with Crippen molar-refractivity contribution in [3.63, 3.8) is 0 Å². The van der Waals surface area contributed by atoms with Gasteiger partial charge in [-0.1, -0.05) is 34.6 Å². The number of para-hydroxylation sites is 1. The molecule has 5 aromatic rings. The zero-order valence-electron chi connectivity index (χ0n) is 17.4. The maximum absolute atomic E-state index is 14.6. The summed E-state index contributed by atoms with van der Waals surface area (Å²) in [5.74, 6) is 0.243. The van der Waals surface area contributed by atoms with Crippen molar-refractivity contribution in [3.8, 4) is 39.9 Å². The molecule has 162 valence electrons. The van der Waals surface area contributed by atoms with Crippen molar-refractivity contribution in [2.24, 2.45) is 0 Å². The molecule has 0 atom stereocenters. The number of benzene rings is 2. The Balaban J connectivity index is 1.46. The van der Waals surface area contributed by atoms with E-state index in [0.29, 0.717) is 17.2 Å². The minimum atomic E-state index is -0.418. The standard InChI is InChI=1S/C24H18FN7O/c25-19-3-1-2-4-20(19)32-22(16-8-10-26-11-9-16)21(29-31-32)24-28-23(30-33-24)17-6-5-15-7-12-27-14-18(15)13-17/h1-6,8-11,13,27H,7,12,14H2. The van der Waals surface area contributed by atoms with Gasteiger partial charge in [-0.3, -0.25) is 4.98 Å². The highest BCUT2D eigenvalue weighted by Gasteiger charge is 2.24. The summed E-state index contributed by atoms with van der Waals surface area (Å²) < 4.78 is 21.6. The predicted molar refractivity (Wildman–Crippen MR) is 119 cm³/mol. The lowest BCUT2D eigenvalue weighted by atomic mass is 9.98. The summed E-state index contributed by atoms with van der Waals surface area (Å²) in [7, 11) is 0. The van der Waals surface area contributed by atoms with Crippen LogP contribution >= 0.6 is 0 Å². The molecule has 0 saturated heterocycles. The summed E-state index contributed by atoms with van der Waals surface area (Å²) in [5.41, 5.74) is 5.33. The highest BCUT2D eigenvalue weighted by molar-refractivity contribution is 5.76. The third-order valence-corrected chi connectivity index (χ3v) is 5.68. The van der Waals surface area contributed by atoms with Gasteiger partial charge in [0.25, 0.3) is 5.89 Å². The van der Waals surface area contributed by atoms with Crippen molar-refractivity contribution in [3.05, 3.63) is 83.9 Å². The average Bonchev–Trinajstić information content (AvgIpc) is 3.52. The number of hydrogen-bond donors (Lipinski definition) is 1.